The Kier molecular flexibility index (Phi) is 2.95. The Morgan fingerprint density at radius 1 is 1.32 bits per heavy atom. The number of amidine groups is 1. The summed E-state index contributed by atoms with van der Waals surface area (Å²) >= 11 is 1.26. The Morgan fingerprint density at radius 2 is 1.95 bits per heavy atom. The van der Waals surface area contributed by atoms with E-state index in [1.165, 1.54) is 16.3 Å². The van der Waals surface area contributed by atoms with Gasteiger partial charge in [-0.1, -0.05) is 12.8 Å². The van der Waals surface area contributed by atoms with Gasteiger partial charge < -0.3 is 0 Å². The first kappa shape index (κ1) is 13.1. The summed E-state index contributed by atoms with van der Waals surface area (Å²) in [7, 11) is -3.58. The number of nitrogens with two attached hydrogens (primary N) is 1. The molecule has 2 N–H and O–H groups in total. The average Bonchev–Trinajstić information content (AvgIpc) is 2.95. The van der Waals surface area contributed by atoms with Crippen molar-refractivity contribution in [3.8, 4) is 0 Å². The molecule has 19 heavy (non-hydrogen) atoms. The maximum absolute atomic E-state index is 12.3. The second-order valence-corrected chi connectivity index (χ2v) is 8.22. The van der Waals surface area contributed by atoms with E-state index in [0.717, 1.165) is 36.1 Å². The maximum atomic E-state index is 12.3. The Balaban J connectivity index is 2.16. The molecule has 0 unspecified atom stereocenters. The highest BCUT2D eigenvalue weighted by atomic mass is 32.2. The molecule has 2 heterocycles. The Bertz CT molecular complexity index is 655. The fourth-order valence-corrected chi connectivity index (χ4v) is 5.66. The van der Waals surface area contributed by atoms with E-state index in [4.69, 9.17) is 5.84 Å². The summed E-state index contributed by atoms with van der Waals surface area (Å²) in [4.78, 5) is 0.979. The molecule has 1 aliphatic heterocycles. The summed E-state index contributed by atoms with van der Waals surface area (Å²) in [5.74, 6) is 6.84. The standard InChI is InChI=1S/C12H17N3O2S2/c1-7-8(2)18-12-10(7)15(13)11(14-19(12,16)17)9-5-3-4-6-9/h9H,3-6,13H2,1-2H3. The minimum absolute atomic E-state index is 0.174. The summed E-state index contributed by atoms with van der Waals surface area (Å²) in [6, 6.07) is 0. The highest BCUT2D eigenvalue weighted by Gasteiger charge is 2.37. The van der Waals surface area contributed by atoms with Crippen molar-refractivity contribution in [1.29, 1.82) is 0 Å². The highest BCUT2D eigenvalue weighted by Crippen LogP contribution is 2.43. The predicted molar refractivity (Wildman–Crippen MR) is 77.0 cm³/mol. The van der Waals surface area contributed by atoms with Gasteiger partial charge in [-0.05, 0) is 32.3 Å². The summed E-state index contributed by atoms with van der Waals surface area (Å²) < 4.78 is 28.8. The van der Waals surface area contributed by atoms with Crippen LogP contribution in [0, 0.1) is 19.8 Å². The van der Waals surface area contributed by atoms with E-state index in [9.17, 15) is 8.42 Å². The highest BCUT2D eigenvalue weighted by molar-refractivity contribution is 7.92. The lowest BCUT2D eigenvalue weighted by Gasteiger charge is -2.28. The third kappa shape index (κ3) is 1.91. The number of hydrogen-bond donors (Lipinski definition) is 1. The predicted octanol–water partition coefficient (Wildman–Crippen LogP) is 2.34. The molecule has 7 heteroatoms. The zero-order valence-electron chi connectivity index (χ0n) is 11.0. The zero-order chi connectivity index (χ0) is 13.8. The van der Waals surface area contributed by atoms with E-state index in [-0.39, 0.29) is 10.1 Å². The minimum Gasteiger partial charge on any atom is -0.262 e. The molecular weight excluding hydrogens is 282 g/mol. The van der Waals surface area contributed by atoms with Crippen LogP contribution in [-0.2, 0) is 10.0 Å². The van der Waals surface area contributed by atoms with Crippen molar-refractivity contribution in [3.05, 3.63) is 10.4 Å². The average molecular weight is 299 g/mol. The lowest BCUT2D eigenvalue weighted by Crippen LogP contribution is -2.44. The van der Waals surface area contributed by atoms with Crippen LogP contribution >= 0.6 is 11.3 Å². The van der Waals surface area contributed by atoms with Crippen LogP contribution in [0.5, 0.6) is 0 Å². The first-order valence-corrected chi connectivity index (χ1v) is 8.67. The number of hydrazine groups is 1. The van der Waals surface area contributed by atoms with E-state index in [1.54, 1.807) is 0 Å². The number of thiophene rings is 1. The Labute approximate surface area is 117 Å². The van der Waals surface area contributed by atoms with Crippen LogP contribution in [0.3, 0.4) is 0 Å². The third-order valence-electron chi connectivity index (χ3n) is 3.98. The topological polar surface area (TPSA) is 75.8 Å². The second kappa shape index (κ2) is 4.29. The van der Waals surface area contributed by atoms with Crippen LogP contribution in [0.2, 0.25) is 0 Å². The molecule has 1 fully saturated rings. The number of nitrogens with zero attached hydrogens (tertiary/aromatic N) is 2. The van der Waals surface area contributed by atoms with Gasteiger partial charge in [0.15, 0.2) is 4.21 Å². The van der Waals surface area contributed by atoms with Crippen LogP contribution in [0.25, 0.3) is 0 Å². The van der Waals surface area contributed by atoms with Crippen molar-refractivity contribution in [2.75, 3.05) is 5.01 Å². The van der Waals surface area contributed by atoms with Gasteiger partial charge in [0.2, 0.25) is 0 Å². The van der Waals surface area contributed by atoms with Gasteiger partial charge in [-0.15, -0.1) is 15.7 Å². The van der Waals surface area contributed by atoms with Gasteiger partial charge in [-0.3, -0.25) is 5.01 Å². The molecule has 0 bridgehead atoms. The van der Waals surface area contributed by atoms with Gasteiger partial charge in [0.1, 0.15) is 5.84 Å². The van der Waals surface area contributed by atoms with Crippen molar-refractivity contribution in [2.24, 2.45) is 16.2 Å². The number of hydrogen-bond acceptors (Lipinski definition) is 5. The van der Waals surface area contributed by atoms with Crippen molar-refractivity contribution < 1.29 is 8.42 Å². The molecule has 1 aromatic heterocycles. The lowest BCUT2D eigenvalue weighted by atomic mass is 10.1. The van der Waals surface area contributed by atoms with Crippen LogP contribution in [-0.4, -0.2) is 14.3 Å². The molecule has 0 saturated heterocycles. The molecular formula is C12H17N3O2S2. The van der Waals surface area contributed by atoms with Crippen molar-refractivity contribution in [3.63, 3.8) is 0 Å². The monoisotopic (exact) mass is 299 g/mol. The summed E-state index contributed by atoms with van der Waals surface area (Å²) in [6.07, 6.45) is 4.18. The number of sulfonamides is 1. The number of anilines is 1. The SMILES string of the molecule is Cc1sc2c(c1C)N(N)C(C1CCCC1)=NS2(=O)=O. The summed E-state index contributed by atoms with van der Waals surface area (Å²) in [5.41, 5.74) is 1.57. The van der Waals surface area contributed by atoms with Gasteiger partial charge in [0, 0.05) is 10.8 Å². The maximum Gasteiger partial charge on any atom is 0.295 e. The molecule has 0 atom stereocenters. The lowest BCUT2D eigenvalue weighted by molar-refractivity contribution is 0.596. The second-order valence-electron chi connectivity index (χ2n) is 5.20. The first-order valence-electron chi connectivity index (χ1n) is 6.41. The van der Waals surface area contributed by atoms with Gasteiger partial charge in [-0.2, -0.15) is 8.42 Å². The van der Waals surface area contributed by atoms with E-state index >= 15 is 0 Å². The third-order valence-corrected chi connectivity index (χ3v) is 6.94. The first-order chi connectivity index (χ1) is 8.92. The smallest absolute Gasteiger partial charge is 0.262 e. The fraction of sp³-hybridized carbons (Fsp3) is 0.583. The Morgan fingerprint density at radius 3 is 2.58 bits per heavy atom. The van der Waals surface area contributed by atoms with Crippen molar-refractivity contribution in [2.45, 2.75) is 43.7 Å². The molecule has 0 spiro atoms. The van der Waals surface area contributed by atoms with Gasteiger partial charge in [0.05, 0.1) is 5.69 Å². The van der Waals surface area contributed by atoms with Crippen molar-refractivity contribution >= 4 is 32.9 Å². The van der Waals surface area contributed by atoms with Crippen LogP contribution < -0.4 is 10.9 Å². The minimum atomic E-state index is -3.58. The van der Waals surface area contributed by atoms with Gasteiger partial charge in [0.25, 0.3) is 10.0 Å². The molecule has 104 valence electrons. The van der Waals surface area contributed by atoms with Crippen LogP contribution in [0.1, 0.15) is 36.1 Å². The van der Waals surface area contributed by atoms with Gasteiger partial charge >= 0.3 is 0 Å². The van der Waals surface area contributed by atoms with E-state index < -0.39 is 10.0 Å². The molecule has 2 aliphatic rings. The van der Waals surface area contributed by atoms with Crippen LogP contribution in [0.15, 0.2) is 8.61 Å². The molecule has 0 radical (unpaired) electrons. The molecule has 0 aromatic carbocycles. The largest absolute Gasteiger partial charge is 0.295 e. The molecule has 1 aromatic rings. The van der Waals surface area contributed by atoms with E-state index in [1.807, 2.05) is 13.8 Å². The Hall–Kier alpha value is -0.920. The van der Waals surface area contributed by atoms with Crippen LogP contribution in [0.4, 0.5) is 5.69 Å². The molecule has 1 aliphatic carbocycles. The van der Waals surface area contributed by atoms with E-state index in [0.29, 0.717) is 11.5 Å². The van der Waals surface area contributed by atoms with Gasteiger partial charge in [-0.25, -0.2) is 5.84 Å². The zero-order valence-corrected chi connectivity index (χ0v) is 12.6. The fourth-order valence-electron chi connectivity index (χ4n) is 2.82. The molecule has 3 rings (SSSR count). The quantitative estimate of drug-likeness (QED) is 0.808. The molecule has 0 amide bonds. The normalized spacial score (nSPS) is 22.5. The van der Waals surface area contributed by atoms with E-state index in [2.05, 4.69) is 4.40 Å². The number of aryl methyl sites for hydroxylation is 1. The summed E-state index contributed by atoms with van der Waals surface area (Å²) in [5, 5.41) is 1.51. The molecule has 5 nitrogen and oxygen atoms in total. The number of fused-ring (bicyclic) bond motifs is 1. The molecule has 1 saturated carbocycles. The van der Waals surface area contributed by atoms with Crippen molar-refractivity contribution in [1.82, 2.24) is 0 Å². The number of rotatable bonds is 1. The summed E-state index contributed by atoms with van der Waals surface area (Å²) in [6.45, 7) is 3.83.